The van der Waals surface area contributed by atoms with Crippen LogP contribution in [0.5, 0.6) is 0 Å². The minimum atomic E-state index is -0.0732. The molecule has 27 heavy (non-hydrogen) atoms. The van der Waals surface area contributed by atoms with Crippen molar-refractivity contribution >= 4 is 40.2 Å². The number of thioether (sulfide) groups is 1. The maximum atomic E-state index is 12.3. The van der Waals surface area contributed by atoms with E-state index in [0.717, 1.165) is 27.7 Å². The van der Waals surface area contributed by atoms with Crippen LogP contribution in [-0.2, 0) is 16.1 Å². The van der Waals surface area contributed by atoms with Crippen LogP contribution in [0.2, 0.25) is 0 Å². The van der Waals surface area contributed by atoms with Gasteiger partial charge in [0.25, 0.3) is 0 Å². The summed E-state index contributed by atoms with van der Waals surface area (Å²) in [4.78, 5) is 23.3. The van der Waals surface area contributed by atoms with Gasteiger partial charge in [-0.15, -0.1) is 0 Å². The van der Waals surface area contributed by atoms with Crippen LogP contribution < -0.4 is 10.2 Å². The fourth-order valence-corrected chi connectivity index (χ4v) is 3.43. The Morgan fingerprint density at radius 3 is 2.74 bits per heavy atom. The van der Waals surface area contributed by atoms with Crippen molar-refractivity contribution in [1.29, 1.82) is 0 Å². The molecule has 142 valence electrons. The molecule has 2 aromatic heterocycles. The van der Waals surface area contributed by atoms with Gasteiger partial charge in [-0.2, -0.15) is 0 Å². The van der Waals surface area contributed by atoms with Crippen LogP contribution in [0.15, 0.2) is 47.8 Å². The number of nitrogens with one attached hydrogen (secondary N) is 1. The second kappa shape index (κ2) is 8.88. The Balaban J connectivity index is 1.66. The third-order valence-electron chi connectivity index (χ3n) is 3.99. The first-order valence-corrected chi connectivity index (χ1v) is 9.57. The summed E-state index contributed by atoms with van der Waals surface area (Å²) in [7, 11) is 5.62. The number of rotatable bonds is 8. The van der Waals surface area contributed by atoms with Gasteiger partial charge in [0.2, 0.25) is 5.91 Å². The number of fused-ring (bicyclic) bond motifs is 1. The predicted octanol–water partition coefficient (Wildman–Crippen LogP) is 2.87. The maximum absolute atomic E-state index is 12.3. The average molecular weight is 385 g/mol. The van der Waals surface area contributed by atoms with E-state index < -0.39 is 0 Å². The van der Waals surface area contributed by atoms with Crippen LogP contribution in [0, 0.1) is 0 Å². The molecule has 0 radical (unpaired) electrons. The molecule has 0 aliphatic rings. The van der Waals surface area contributed by atoms with E-state index in [1.165, 1.54) is 11.8 Å². The molecule has 0 saturated heterocycles. The van der Waals surface area contributed by atoms with Gasteiger partial charge in [-0.25, -0.2) is 9.97 Å². The molecule has 1 amide bonds. The lowest BCUT2D eigenvalue weighted by molar-refractivity contribution is -0.113. The first-order valence-electron chi connectivity index (χ1n) is 8.58. The zero-order chi connectivity index (χ0) is 19.2. The molecule has 3 aromatic rings. The van der Waals surface area contributed by atoms with Gasteiger partial charge in [0, 0.05) is 38.8 Å². The van der Waals surface area contributed by atoms with Gasteiger partial charge in [0.05, 0.1) is 18.9 Å². The molecule has 2 heterocycles. The molecule has 1 N–H and O–H groups in total. The summed E-state index contributed by atoms with van der Waals surface area (Å²) in [5, 5.41) is 3.68. The summed E-state index contributed by atoms with van der Waals surface area (Å²) in [5.41, 5.74) is 3.48. The number of anilines is 2. The lowest BCUT2D eigenvalue weighted by atomic mass is 10.2. The van der Waals surface area contributed by atoms with E-state index in [9.17, 15) is 4.79 Å². The quantitative estimate of drug-likeness (QED) is 0.601. The van der Waals surface area contributed by atoms with Crippen molar-refractivity contribution in [1.82, 2.24) is 14.5 Å². The standard InChI is InChI=1S/C19H23N5O2S/c1-23(2)15-8-6-14(7-9-15)21-17(25)13-27-19-22-16-5-4-10-20-18(16)24(19)11-12-26-3/h4-10H,11-13H2,1-3H3,(H,21,25). The molecule has 8 heteroatoms. The fraction of sp³-hybridized carbons (Fsp3) is 0.316. The lowest BCUT2D eigenvalue weighted by Crippen LogP contribution is -2.15. The van der Waals surface area contributed by atoms with Gasteiger partial charge in [0.15, 0.2) is 10.8 Å². The van der Waals surface area contributed by atoms with Gasteiger partial charge in [0.1, 0.15) is 5.52 Å². The van der Waals surface area contributed by atoms with Crippen LogP contribution in [0.1, 0.15) is 0 Å². The molecule has 1 aromatic carbocycles. The van der Waals surface area contributed by atoms with E-state index in [4.69, 9.17) is 4.74 Å². The normalized spacial score (nSPS) is 10.9. The van der Waals surface area contributed by atoms with E-state index in [1.54, 1.807) is 13.3 Å². The van der Waals surface area contributed by atoms with Crippen molar-refractivity contribution < 1.29 is 9.53 Å². The molecule has 0 atom stereocenters. The van der Waals surface area contributed by atoms with Crippen LogP contribution in [0.25, 0.3) is 11.2 Å². The monoisotopic (exact) mass is 385 g/mol. The molecule has 3 rings (SSSR count). The van der Waals surface area contributed by atoms with E-state index >= 15 is 0 Å². The number of ether oxygens (including phenoxy) is 1. The van der Waals surface area contributed by atoms with E-state index in [2.05, 4.69) is 15.3 Å². The largest absolute Gasteiger partial charge is 0.383 e. The molecular formula is C19H23N5O2S. The zero-order valence-corrected chi connectivity index (χ0v) is 16.5. The number of carbonyl (C=O) groups excluding carboxylic acids is 1. The second-order valence-corrected chi connectivity index (χ2v) is 7.11. The highest BCUT2D eigenvalue weighted by molar-refractivity contribution is 7.99. The third kappa shape index (κ3) is 4.78. The van der Waals surface area contributed by atoms with E-state index in [-0.39, 0.29) is 11.7 Å². The van der Waals surface area contributed by atoms with Crippen LogP contribution in [0.4, 0.5) is 11.4 Å². The SMILES string of the molecule is COCCn1c(SCC(=O)Nc2ccc(N(C)C)cc2)nc2cccnc21. The Morgan fingerprint density at radius 1 is 1.26 bits per heavy atom. The minimum Gasteiger partial charge on any atom is -0.383 e. The summed E-state index contributed by atoms with van der Waals surface area (Å²) in [6.07, 6.45) is 1.74. The van der Waals surface area contributed by atoms with Gasteiger partial charge >= 0.3 is 0 Å². The molecule has 7 nitrogen and oxygen atoms in total. The summed E-state index contributed by atoms with van der Waals surface area (Å²) in [5.74, 6) is 0.196. The Kier molecular flexibility index (Phi) is 6.31. The number of nitrogens with zero attached hydrogens (tertiary/aromatic N) is 4. The van der Waals surface area contributed by atoms with Crippen LogP contribution in [-0.4, -0.2) is 54.0 Å². The summed E-state index contributed by atoms with van der Waals surface area (Å²) in [6.45, 7) is 1.19. The number of carbonyl (C=O) groups is 1. The van der Waals surface area contributed by atoms with Gasteiger partial charge in [-0.05, 0) is 36.4 Å². The van der Waals surface area contributed by atoms with Gasteiger partial charge in [-0.3, -0.25) is 4.79 Å². The van der Waals surface area contributed by atoms with Crippen LogP contribution >= 0.6 is 11.8 Å². The number of aromatic nitrogens is 3. The van der Waals surface area contributed by atoms with Gasteiger partial charge in [-0.1, -0.05) is 11.8 Å². The summed E-state index contributed by atoms with van der Waals surface area (Å²) in [6, 6.07) is 11.5. The number of amides is 1. The Labute approximate surface area is 162 Å². The number of imidazole rings is 1. The molecule has 0 aliphatic carbocycles. The minimum absolute atomic E-state index is 0.0732. The van der Waals surface area contributed by atoms with Crippen molar-refractivity contribution in [3.8, 4) is 0 Å². The summed E-state index contributed by atoms with van der Waals surface area (Å²) >= 11 is 1.39. The molecule has 0 unspecified atom stereocenters. The highest BCUT2D eigenvalue weighted by Crippen LogP contribution is 2.23. The number of benzene rings is 1. The summed E-state index contributed by atoms with van der Waals surface area (Å²) < 4.78 is 7.17. The topological polar surface area (TPSA) is 72.3 Å². The Morgan fingerprint density at radius 2 is 2.04 bits per heavy atom. The first kappa shape index (κ1) is 19.2. The van der Waals surface area contributed by atoms with E-state index in [0.29, 0.717) is 13.2 Å². The van der Waals surface area contributed by atoms with Crippen molar-refractivity contribution in [2.45, 2.75) is 11.7 Å². The Bertz CT molecular complexity index is 908. The number of hydrogen-bond acceptors (Lipinski definition) is 6. The third-order valence-corrected chi connectivity index (χ3v) is 4.96. The first-order chi connectivity index (χ1) is 13.1. The predicted molar refractivity (Wildman–Crippen MR) is 110 cm³/mol. The van der Waals surface area contributed by atoms with E-state index in [1.807, 2.05) is 60.0 Å². The smallest absolute Gasteiger partial charge is 0.234 e. The average Bonchev–Trinajstić information content (AvgIpc) is 3.02. The number of methoxy groups -OCH3 is 1. The maximum Gasteiger partial charge on any atom is 0.234 e. The molecule has 0 bridgehead atoms. The zero-order valence-electron chi connectivity index (χ0n) is 15.7. The van der Waals surface area contributed by atoms with Crippen LogP contribution in [0.3, 0.4) is 0 Å². The number of hydrogen-bond donors (Lipinski definition) is 1. The molecule has 0 saturated carbocycles. The lowest BCUT2D eigenvalue weighted by Gasteiger charge is -2.13. The second-order valence-electron chi connectivity index (χ2n) is 6.16. The molecule has 0 fully saturated rings. The molecular weight excluding hydrogens is 362 g/mol. The highest BCUT2D eigenvalue weighted by Gasteiger charge is 2.14. The highest BCUT2D eigenvalue weighted by atomic mass is 32.2. The van der Waals surface area contributed by atoms with Crippen molar-refractivity contribution in [3.63, 3.8) is 0 Å². The molecule has 0 spiro atoms. The van der Waals surface area contributed by atoms with Crippen molar-refractivity contribution in [3.05, 3.63) is 42.6 Å². The van der Waals surface area contributed by atoms with Gasteiger partial charge < -0.3 is 19.5 Å². The van der Waals surface area contributed by atoms with Crippen molar-refractivity contribution in [2.24, 2.45) is 0 Å². The Hall–Kier alpha value is -2.58. The van der Waals surface area contributed by atoms with Crippen molar-refractivity contribution in [2.75, 3.05) is 43.8 Å². The number of pyridine rings is 1. The molecule has 0 aliphatic heterocycles. The fourth-order valence-electron chi connectivity index (χ4n) is 2.60.